The zero-order chi connectivity index (χ0) is 18.6. The summed E-state index contributed by atoms with van der Waals surface area (Å²) < 4.78 is 2.19. The summed E-state index contributed by atoms with van der Waals surface area (Å²) >= 11 is 0. The first kappa shape index (κ1) is 16.0. The molecule has 2 aromatic heterocycles. The lowest BCUT2D eigenvalue weighted by molar-refractivity contribution is 0.572. The van der Waals surface area contributed by atoms with E-state index < -0.39 is 0 Å². The predicted octanol–water partition coefficient (Wildman–Crippen LogP) is 6.02. The zero-order valence-electron chi connectivity index (χ0n) is 15.8. The maximum Gasteiger partial charge on any atom is 0.235 e. The van der Waals surface area contributed by atoms with Gasteiger partial charge in [-0.1, -0.05) is 75.4 Å². The molecule has 0 radical (unpaired) electrons. The fraction of sp³-hybridized carbons (Fsp3) is 0.167. The van der Waals surface area contributed by atoms with Crippen LogP contribution in [0.15, 0.2) is 72.8 Å². The van der Waals surface area contributed by atoms with Gasteiger partial charge in [0, 0.05) is 21.6 Å². The summed E-state index contributed by atoms with van der Waals surface area (Å²) in [5.41, 5.74) is 4.25. The first-order valence-electron chi connectivity index (χ1n) is 9.30. The number of hydrogen-bond donors (Lipinski definition) is 0. The zero-order valence-corrected chi connectivity index (χ0v) is 15.8. The Morgan fingerprint density at radius 2 is 1.15 bits per heavy atom. The van der Waals surface area contributed by atoms with Crippen LogP contribution in [0.5, 0.6) is 0 Å². The minimum atomic E-state index is -0.0734. The molecular weight excluding hydrogens is 330 g/mol. The molecule has 0 saturated heterocycles. The van der Waals surface area contributed by atoms with Crippen LogP contribution in [0.3, 0.4) is 0 Å². The molecule has 5 rings (SSSR count). The Kier molecular flexibility index (Phi) is 3.35. The predicted molar refractivity (Wildman–Crippen MR) is 113 cm³/mol. The minimum Gasteiger partial charge on any atom is -0.278 e. The molecule has 0 aliphatic rings. The molecule has 0 amide bonds. The van der Waals surface area contributed by atoms with Gasteiger partial charge in [0.2, 0.25) is 5.95 Å². The molecular formula is C24H21N3. The molecule has 0 N–H and O–H groups in total. The quantitative estimate of drug-likeness (QED) is 0.369. The minimum absolute atomic E-state index is 0.0734. The van der Waals surface area contributed by atoms with E-state index in [9.17, 15) is 0 Å². The van der Waals surface area contributed by atoms with E-state index in [0.717, 1.165) is 33.6 Å². The van der Waals surface area contributed by atoms with Crippen LogP contribution in [0.4, 0.5) is 0 Å². The van der Waals surface area contributed by atoms with Crippen molar-refractivity contribution in [1.82, 2.24) is 14.5 Å². The molecule has 27 heavy (non-hydrogen) atoms. The van der Waals surface area contributed by atoms with Crippen LogP contribution in [0, 0.1) is 0 Å². The van der Waals surface area contributed by atoms with Crippen molar-refractivity contribution in [3.8, 4) is 5.95 Å². The molecule has 3 nitrogen and oxygen atoms in total. The summed E-state index contributed by atoms with van der Waals surface area (Å²) in [4.78, 5) is 10.0. The average Bonchev–Trinajstić information content (AvgIpc) is 3.01. The first-order valence-corrected chi connectivity index (χ1v) is 9.30. The standard InChI is InChI=1S/C24H21N3/c1-24(2,3)22-18-12-4-7-13-19(18)25-23(26-22)27-20-14-8-5-10-16(20)17-11-6-9-15-21(17)27/h4-15H,1-3H3. The molecule has 3 heteroatoms. The molecule has 132 valence electrons. The number of rotatable bonds is 1. The Bertz CT molecular complexity index is 1250. The molecule has 0 aliphatic heterocycles. The lowest BCUT2D eigenvalue weighted by atomic mass is 9.89. The van der Waals surface area contributed by atoms with Crippen LogP contribution >= 0.6 is 0 Å². The summed E-state index contributed by atoms with van der Waals surface area (Å²) in [6, 6.07) is 25.2. The Labute approximate surface area is 158 Å². The van der Waals surface area contributed by atoms with Crippen LogP contribution in [0.2, 0.25) is 0 Å². The van der Waals surface area contributed by atoms with Crippen LogP contribution in [-0.4, -0.2) is 14.5 Å². The Balaban J connectivity index is 1.94. The van der Waals surface area contributed by atoms with E-state index in [1.165, 1.54) is 10.8 Å². The van der Waals surface area contributed by atoms with Gasteiger partial charge in [0.1, 0.15) is 0 Å². The summed E-state index contributed by atoms with van der Waals surface area (Å²) in [6.07, 6.45) is 0. The average molecular weight is 351 g/mol. The van der Waals surface area contributed by atoms with E-state index in [4.69, 9.17) is 9.97 Å². The smallest absolute Gasteiger partial charge is 0.235 e. The van der Waals surface area contributed by atoms with Crippen LogP contribution < -0.4 is 0 Å². The number of para-hydroxylation sites is 3. The van der Waals surface area contributed by atoms with E-state index in [1.807, 2.05) is 6.07 Å². The van der Waals surface area contributed by atoms with E-state index in [1.54, 1.807) is 0 Å². The maximum absolute atomic E-state index is 5.07. The van der Waals surface area contributed by atoms with Gasteiger partial charge in [-0.2, -0.15) is 0 Å². The van der Waals surface area contributed by atoms with Crippen molar-refractivity contribution in [3.63, 3.8) is 0 Å². The Hall–Kier alpha value is -3.20. The second-order valence-corrected chi connectivity index (χ2v) is 8.01. The van der Waals surface area contributed by atoms with Crippen molar-refractivity contribution < 1.29 is 0 Å². The second-order valence-electron chi connectivity index (χ2n) is 8.01. The van der Waals surface area contributed by atoms with Crippen molar-refractivity contribution in [2.45, 2.75) is 26.2 Å². The van der Waals surface area contributed by atoms with Crippen molar-refractivity contribution in [2.75, 3.05) is 0 Å². The highest BCUT2D eigenvalue weighted by molar-refractivity contribution is 6.09. The van der Waals surface area contributed by atoms with Gasteiger partial charge in [0.05, 0.1) is 22.2 Å². The van der Waals surface area contributed by atoms with E-state index in [-0.39, 0.29) is 5.41 Å². The molecule has 0 fully saturated rings. The van der Waals surface area contributed by atoms with Crippen LogP contribution in [0.1, 0.15) is 26.5 Å². The number of hydrogen-bond acceptors (Lipinski definition) is 2. The van der Waals surface area contributed by atoms with Gasteiger partial charge in [-0.05, 0) is 18.2 Å². The third kappa shape index (κ3) is 2.42. The van der Waals surface area contributed by atoms with Gasteiger partial charge in [0.15, 0.2) is 0 Å². The monoisotopic (exact) mass is 351 g/mol. The molecule has 2 heterocycles. The SMILES string of the molecule is CC(C)(C)c1nc(-n2c3ccccc3c3ccccc32)nc2ccccc12. The summed E-state index contributed by atoms with van der Waals surface area (Å²) in [6.45, 7) is 6.62. The second kappa shape index (κ2) is 5.65. The van der Waals surface area contributed by atoms with Crippen molar-refractivity contribution in [3.05, 3.63) is 78.5 Å². The number of benzene rings is 3. The molecule has 0 spiro atoms. The lowest BCUT2D eigenvalue weighted by Gasteiger charge is -2.21. The van der Waals surface area contributed by atoms with Gasteiger partial charge in [0.25, 0.3) is 0 Å². The summed E-state index contributed by atoms with van der Waals surface area (Å²) in [7, 11) is 0. The third-order valence-corrected chi connectivity index (χ3v) is 5.08. The van der Waals surface area contributed by atoms with E-state index >= 15 is 0 Å². The lowest BCUT2D eigenvalue weighted by Crippen LogP contribution is -2.17. The molecule has 0 aliphatic carbocycles. The van der Waals surface area contributed by atoms with Gasteiger partial charge < -0.3 is 0 Å². The highest BCUT2D eigenvalue weighted by Crippen LogP contribution is 2.33. The normalized spacial score (nSPS) is 12.3. The fourth-order valence-corrected chi connectivity index (χ4v) is 3.87. The van der Waals surface area contributed by atoms with Crippen molar-refractivity contribution >= 4 is 32.7 Å². The maximum atomic E-state index is 5.07. The molecule has 0 unspecified atom stereocenters. The first-order chi connectivity index (χ1) is 13.0. The fourth-order valence-electron chi connectivity index (χ4n) is 3.87. The van der Waals surface area contributed by atoms with E-state index in [2.05, 4.69) is 92.1 Å². The van der Waals surface area contributed by atoms with Crippen LogP contribution in [0.25, 0.3) is 38.7 Å². The van der Waals surface area contributed by atoms with Gasteiger partial charge in [-0.25, -0.2) is 9.97 Å². The molecule has 3 aromatic carbocycles. The highest BCUT2D eigenvalue weighted by Gasteiger charge is 2.22. The molecule has 5 aromatic rings. The van der Waals surface area contributed by atoms with Gasteiger partial charge in [-0.15, -0.1) is 0 Å². The number of nitrogens with zero attached hydrogens (tertiary/aromatic N) is 3. The van der Waals surface area contributed by atoms with Crippen LogP contribution in [-0.2, 0) is 5.41 Å². The third-order valence-electron chi connectivity index (χ3n) is 5.08. The molecule has 0 bridgehead atoms. The number of aromatic nitrogens is 3. The van der Waals surface area contributed by atoms with Crippen molar-refractivity contribution in [2.24, 2.45) is 0 Å². The topological polar surface area (TPSA) is 30.7 Å². The highest BCUT2D eigenvalue weighted by atomic mass is 15.2. The summed E-state index contributed by atoms with van der Waals surface area (Å²) in [5.74, 6) is 0.732. The number of fused-ring (bicyclic) bond motifs is 4. The largest absolute Gasteiger partial charge is 0.278 e. The molecule has 0 saturated carbocycles. The Morgan fingerprint density at radius 3 is 1.74 bits per heavy atom. The van der Waals surface area contributed by atoms with Gasteiger partial charge in [-0.3, -0.25) is 4.57 Å². The molecule has 0 atom stereocenters. The Morgan fingerprint density at radius 1 is 0.630 bits per heavy atom. The summed E-state index contributed by atoms with van der Waals surface area (Å²) in [5, 5.41) is 3.57. The van der Waals surface area contributed by atoms with Gasteiger partial charge >= 0.3 is 0 Å². The van der Waals surface area contributed by atoms with E-state index in [0.29, 0.717) is 0 Å². The van der Waals surface area contributed by atoms with Crippen molar-refractivity contribution in [1.29, 1.82) is 0 Å².